The van der Waals surface area contributed by atoms with Crippen molar-refractivity contribution in [3.8, 4) is 0 Å². The number of carbonyl (C=O) groups is 1. The summed E-state index contributed by atoms with van der Waals surface area (Å²) in [6.45, 7) is 5.95. The second-order valence-corrected chi connectivity index (χ2v) is 4.86. The van der Waals surface area contributed by atoms with Crippen molar-refractivity contribution in [1.82, 2.24) is 14.9 Å². The van der Waals surface area contributed by atoms with Gasteiger partial charge in [0, 0.05) is 31.8 Å². The van der Waals surface area contributed by atoms with Crippen molar-refractivity contribution in [2.75, 3.05) is 26.8 Å². The number of aromatic nitrogens is 2. The largest absolute Gasteiger partial charge is 0.381 e. The number of hydrogen-bond acceptors (Lipinski definition) is 4. The molecule has 0 bridgehead atoms. The Morgan fingerprint density at radius 3 is 2.89 bits per heavy atom. The molecule has 1 aliphatic heterocycles. The standard InChI is InChI=1S/C13H19N3O2/c1-9-6-12(15-10(2)14-9)13(17)16(3)7-11-4-5-18-8-11/h6,11H,4-5,7-8H2,1-3H3/t11-/m0/s1. The Morgan fingerprint density at radius 1 is 1.50 bits per heavy atom. The lowest BCUT2D eigenvalue weighted by Crippen LogP contribution is -2.32. The molecule has 0 N–H and O–H groups in total. The van der Waals surface area contributed by atoms with Crippen molar-refractivity contribution in [3.63, 3.8) is 0 Å². The van der Waals surface area contributed by atoms with Gasteiger partial charge in [-0.2, -0.15) is 0 Å². The van der Waals surface area contributed by atoms with Crippen LogP contribution in [0.4, 0.5) is 0 Å². The summed E-state index contributed by atoms with van der Waals surface area (Å²) in [6.07, 6.45) is 1.03. The van der Waals surface area contributed by atoms with E-state index in [2.05, 4.69) is 9.97 Å². The molecule has 0 aromatic carbocycles. The van der Waals surface area contributed by atoms with E-state index >= 15 is 0 Å². The molecule has 0 aliphatic carbocycles. The molecular formula is C13H19N3O2. The second kappa shape index (κ2) is 5.44. The molecule has 2 rings (SSSR count). The van der Waals surface area contributed by atoms with E-state index in [0.29, 0.717) is 17.4 Å². The third-order valence-electron chi connectivity index (χ3n) is 3.09. The van der Waals surface area contributed by atoms with E-state index in [4.69, 9.17) is 4.74 Å². The fourth-order valence-electron chi connectivity index (χ4n) is 2.22. The Labute approximate surface area is 107 Å². The summed E-state index contributed by atoms with van der Waals surface area (Å²) in [6, 6.07) is 1.73. The molecule has 98 valence electrons. The SMILES string of the molecule is Cc1cc(C(=O)N(C)C[C@@H]2CCOC2)nc(C)n1. The second-order valence-electron chi connectivity index (χ2n) is 4.86. The lowest BCUT2D eigenvalue weighted by Gasteiger charge is -2.20. The molecule has 5 nitrogen and oxygen atoms in total. The predicted octanol–water partition coefficient (Wildman–Crippen LogP) is 1.20. The highest BCUT2D eigenvalue weighted by Crippen LogP contribution is 2.14. The smallest absolute Gasteiger partial charge is 0.272 e. The summed E-state index contributed by atoms with van der Waals surface area (Å²) in [5.41, 5.74) is 1.30. The number of carbonyl (C=O) groups excluding carboxylic acids is 1. The lowest BCUT2D eigenvalue weighted by atomic mass is 10.1. The van der Waals surface area contributed by atoms with Gasteiger partial charge >= 0.3 is 0 Å². The van der Waals surface area contributed by atoms with Gasteiger partial charge in [-0.15, -0.1) is 0 Å². The van der Waals surface area contributed by atoms with Crippen LogP contribution in [0.15, 0.2) is 6.07 Å². The first kappa shape index (κ1) is 13.0. The van der Waals surface area contributed by atoms with Crippen molar-refractivity contribution < 1.29 is 9.53 Å². The van der Waals surface area contributed by atoms with Crippen LogP contribution >= 0.6 is 0 Å². The molecule has 5 heteroatoms. The molecule has 1 fully saturated rings. The summed E-state index contributed by atoms with van der Waals surface area (Å²) in [7, 11) is 1.81. The maximum Gasteiger partial charge on any atom is 0.272 e. The third-order valence-corrected chi connectivity index (χ3v) is 3.09. The molecule has 1 aromatic rings. The summed E-state index contributed by atoms with van der Waals surface area (Å²) < 4.78 is 5.32. The van der Waals surface area contributed by atoms with Gasteiger partial charge < -0.3 is 9.64 Å². The summed E-state index contributed by atoms with van der Waals surface area (Å²) >= 11 is 0. The first-order valence-electron chi connectivity index (χ1n) is 6.22. The lowest BCUT2D eigenvalue weighted by molar-refractivity contribution is 0.0759. The topological polar surface area (TPSA) is 55.3 Å². The first-order valence-corrected chi connectivity index (χ1v) is 6.22. The zero-order valence-electron chi connectivity index (χ0n) is 11.1. The monoisotopic (exact) mass is 249 g/mol. The normalized spacial score (nSPS) is 18.9. The van der Waals surface area contributed by atoms with E-state index in [9.17, 15) is 4.79 Å². The molecule has 1 atom stereocenters. The van der Waals surface area contributed by atoms with E-state index in [0.717, 1.165) is 31.9 Å². The highest BCUT2D eigenvalue weighted by atomic mass is 16.5. The highest BCUT2D eigenvalue weighted by molar-refractivity contribution is 5.92. The minimum absolute atomic E-state index is 0.0458. The highest BCUT2D eigenvalue weighted by Gasteiger charge is 2.21. The van der Waals surface area contributed by atoms with E-state index in [1.807, 2.05) is 14.0 Å². The zero-order chi connectivity index (χ0) is 13.1. The molecule has 0 radical (unpaired) electrons. The zero-order valence-corrected chi connectivity index (χ0v) is 11.1. The van der Waals surface area contributed by atoms with Crippen LogP contribution in [0.1, 0.15) is 28.4 Å². The van der Waals surface area contributed by atoms with E-state index in [-0.39, 0.29) is 5.91 Å². The minimum Gasteiger partial charge on any atom is -0.381 e. The van der Waals surface area contributed by atoms with Crippen LogP contribution in [0.2, 0.25) is 0 Å². The third kappa shape index (κ3) is 3.04. The number of rotatable bonds is 3. The number of nitrogens with zero attached hydrogens (tertiary/aromatic N) is 3. The van der Waals surface area contributed by atoms with Crippen molar-refractivity contribution in [2.45, 2.75) is 20.3 Å². The van der Waals surface area contributed by atoms with Gasteiger partial charge in [0.15, 0.2) is 0 Å². The Kier molecular flexibility index (Phi) is 3.91. The van der Waals surface area contributed by atoms with Crippen molar-refractivity contribution >= 4 is 5.91 Å². The Morgan fingerprint density at radius 2 is 2.28 bits per heavy atom. The molecule has 0 saturated carbocycles. The molecule has 18 heavy (non-hydrogen) atoms. The van der Waals surface area contributed by atoms with Crippen LogP contribution in [0.25, 0.3) is 0 Å². The van der Waals surface area contributed by atoms with Gasteiger partial charge in [-0.05, 0) is 26.3 Å². The van der Waals surface area contributed by atoms with Gasteiger partial charge in [0.1, 0.15) is 11.5 Å². The molecule has 0 spiro atoms. The molecule has 1 aromatic heterocycles. The van der Waals surface area contributed by atoms with Crippen molar-refractivity contribution in [1.29, 1.82) is 0 Å². The van der Waals surface area contributed by atoms with Gasteiger partial charge in [0.05, 0.1) is 6.61 Å². The van der Waals surface area contributed by atoms with Crippen LogP contribution in [-0.2, 0) is 4.74 Å². The number of amides is 1. The molecule has 1 saturated heterocycles. The fraction of sp³-hybridized carbons (Fsp3) is 0.615. The molecule has 1 aliphatic rings. The van der Waals surface area contributed by atoms with Gasteiger partial charge in [-0.1, -0.05) is 0 Å². The van der Waals surface area contributed by atoms with Crippen LogP contribution < -0.4 is 0 Å². The maximum absolute atomic E-state index is 12.2. The summed E-state index contributed by atoms with van der Waals surface area (Å²) in [5.74, 6) is 1.04. The quantitative estimate of drug-likeness (QED) is 0.807. The molecule has 1 amide bonds. The van der Waals surface area contributed by atoms with Gasteiger partial charge in [-0.25, -0.2) is 9.97 Å². The van der Waals surface area contributed by atoms with Crippen LogP contribution in [0, 0.1) is 19.8 Å². The number of aryl methyl sites for hydroxylation is 2. The Bertz CT molecular complexity index is 422. The van der Waals surface area contributed by atoms with E-state index < -0.39 is 0 Å². The van der Waals surface area contributed by atoms with Crippen LogP contribution in [-0.4, -0.2) is 47.6 Å². The van der Waals surface area contributed by atoms with Crippen molar-refractivity contribution in [2.24, 2.45) is 5.92 Å². The van der Waals surface area contributed by atoms with Crippen LogP contribution in [0.5, 0.6) is 0 Å². The number of ether oxygens (including phenoxy) is 1. The van der Waals surface area contributed by atoms with E-state index in [1.54, 1.807) is 17.9 Å². The van der Waals surface area contributed by atoms with E-state index in [1.165, 1.54) is 0 Å². The molecular weight excluding hydrogens is 230 g/mol. The van der Waals surface area contributed by atoms with Crippen LogP contribution in [0.3, 0.4) is 0 Å². The summed E-state index contributed by atoms with van der Waals surface area (Å²) in [4.78, 5) is 22.3. The van der Waals surface area contributed by atoms with Crippen molar-refractivity contribution in [3.05, 3.63) is 23.3 Å². The average Bonchev–Trinajstić information content (AvgIpc) is 2.79. The van der Waals surface area contributed by atoms with Gasteiger partial charge in [0.25, 0.3) is 5.91 Å². The predicted molar refractivity (Wildman–Crippen MR) is 67.4 cm³/mol. The Balaban J connectivity index is 2.04. The number of hydrogen-bond donors (Lipinski definition) is 0. The molecule has 0 unspecified atom stereocenters. The minimum atomic E-state index is -0.0458. The van der Waals surface area contributed by atoms with Gasteiger partial charge in [-0.3, -0.25) is 4.79 Å². The fourth-order valence-corrected chi connectivity index (χ4v) is 2.22. The Hall–Kier alpha value is -1.49. The van der Waals surface area contributed by atoms with Gasteiger partial charge in [0.2, 0.25) is 0 Å². The first-order chi connectivity index (χ1) is 8.56. The summed E-state index contributed by atoms with van der Waals surface area (Å²) in [5, 5.41) is 0. The maximum atomic E-state index is 12.2. The average molecular weight is 249 g/mol. The molecule has 2 heterocycles.